The summed E-state index contributed by atoms with van der Waals surface area (Å²) in [6, 6.07) is 26.3. The van der Waals surface area contributed by atoms with Gasteiger partial charge in [-0.25, -0.2) is 8.78 Å². The Labute approximate surface area is 455 Å². The van der Waals surface area contributed by atoms with Crippen LogP contribution in [0.1, 0.15) is 123 Å². The minimum atomic E-state index is -4.03. The first-order chi connectivity index (χ1) is 31.2. The summed E-state index contributed by atoms with van der Waals surface area (Å²) in [6.45, 7) is 1.35. The molecule has 1 N–H and O–H groups in total. The van der Waals surface area contributed by atoms with E-state index in [9.17, 15) is 21.8 Å². The van der Waals surface area contributed by atoms with E-state index in [4.69, 9.17) is 31.9 Å². The number of methoxy groups -OCH3 is 2. The molecule has 0 bridgehead atoms. The van der Waals surface area contributed by atoms with Gasteiger partial charge < -0.3 is 31.9 Å². The first-order valence-corrected chi connectivity index (χ1v) is 26.8. The van der Waals surface area contributed by atoms with Crippen LogP contribution in [-0.2, 0) is 29.5 Å². The van der Waals surface area contributed by atoms with Gasteiger partial charge in [-0.1, -0.05) is 46.9 Å². The Morgan fingerprint density at radius 3 is 1.37 bits per heavy atom. The van der Waals surface area contributed by atoms with Crippen molar-refractivity contribution in [1.29, 1.82) is 0 Å². The minimum absolute atomic E-state index is 0. The van der Waals surface area contributed by atoms with E-state index in [-0.39, 0.29) is 94.3 Å². The fourth-order valence-electron chi connectivity index (χ4n) is 9.52. The Hall–Kier alpha value is -1.51. The molecule has 2 atom stereocenters. The largest absolute Gasteiger partial charge is 1.00 e. The van der Waals surface area contributed by atoms with Crippen LogP contribution >= 0.6 is 22.6 Å². The van der Waals surface area contributed by atoms with Crippen molar-refractivity contribution in [3.8, 4) is 23.0 Å². The molecule has 0 aliphatic heterocycles. The maximum absolute atomic E-state index is 14.3. The van der Waals surface area contributed by atoms with E-state index in [2.05, 4.69) is 46.9 Å². The van der Waals surface area contributed by atoms with Crippen LogP contribution in [0.5, 0.6) is 23.0 Å². The molecule has 0 aromatic heterocycles. The summed E-state index contributed by atoms with van der Waals surface area (Å²) < 4.78 is 110. The topological polar surface area (TPSA) is 148 Å². The second-order valence-electron chi connectivity index (χ2n) is 18.0. The molecule has 0 radical (unpaired) electrons. The molecule has 4 aliphatic carbocycles. The van der Waals surface area contributed by atoms with Crippen LogP contribution in [0.25, 0.3) is 0 Å². The Morgan fingerprint density at radius 2 is 1.01 bits per heavy atom. The average Bonchev–Trinajstić information content (AvgIpc) is 4.25. The first-order valence-electron chi connectivity index (χ1n) is 22.6. The van der Waals surface area contributed by atoms with Crippen LogP contribution in [0, 0.1) is 35.3 Å². The van der Waals surface area contributed by atoms with E-state index in [0.29, 0.717) is 36.0 Å². The van der Waals surface area contributed by atoms with Crippen LogP contribution in [-0.4, -0.2) is 55.1 Å². The quantitative estimate of drug-likeness (QED) is 0.0328. The molecule has 67 heavy (non-hydrogen) atoms. The molecule has 356 valence electrons. The standard InChI is InChI=1S/C25H30FIO2.C25H31FO5S.2Na.O3S/c1-28-21-11-12-25(26)23(14-21)18-7-5-17(6-8-18)16-29-22-4-2-3-20(13-22)24(15-27)19-9-10-19;1-30-21-11-12-25(26)23(14-21)18-7-5-17(6-8-18)15-31-22-4-2-3-20(13-22)24(19-9-10-19)16-32(27,28)29;;;1-4(2)3/h2-4,11-14,17-19,24H,5-10,15-16H2,1H3;2-4,11-14,17-19,24H,5-10,15-16H2,1H3,(H,27,28,29);;;/q;;2*+1;-2. The summed E-state index contributed by atoms with van der Waals surface area (Å²) in [5.74, 6) is 5.72. The molecule has 0 heterocycles. The number of alkyl halides is 1. The van der Waals surface area contributed by atoms with Gasteiger partial charge in [0.2, 0.25) is 0 Å². The second-order valence-corrected chi connectivity index (χ2v) is 20.8. The van der Waals surface area contributed by atoms with E-state index in [1.165, 1.54) is 35.0 Å². The van der Waals surface area contributed by atoms with E-state index < -0.39 is 21.1 Å². The van der Waals surface area contributed by atoms with Crippen molar-refractivity contribution >= 4 is 43.7 Å². The van der Waals surface area contributed by atoms with Crippen molar-refractivity contribution < 1.29 is 113 Å². The third-order valence-corrected chi connectivity index (χ3v) is 15.2. The average molecular weight is 1100 g/mol. The van der Waals surface area contributed by atoms with Crippen molar-refractivity contribution in [1.82, 2.24) is 0 Å². The molecule has 4 aliphatic rings. The van der Waals surface area contributed by atoms with Gasteiger partial charge in [0.05, 0.1) is 33.2 Å². The third-order valence-electron chi connectivity index (χ3n) is 13.5. The molecule has 0 saturated heterocycles. The summed E-state index contributed by atoms with van der Waals surface area (Å²) >= 11 is 2.51. The van der Waals surface area contributed by atoms with Crippen molar-refractivity contribution in [2.75, 3.05) is 37.6 Å². The van der Waals surface area contributed by atoms with Gasteiger partial charge in [-0.2, -0.15) is 19.4 Å². The van der Waals surface area contributed by atoms with Crippen LogP contribution in [0.2, 0.25) is 0 Å². The molecule has 0 amide bonds. The van der Waals surface area contributed by atoms with Gasteiger partial charge in [-0.05, 0) is 201 Å². The zero-order valence-corrected chi connectivity index (χ0v) is 46.9. The van der Waals surface area contributed by atoms with Gasteiger partial charge in [0.15, 0.2) is 0 Å². The van der Waals surface area contributed by atoms with Gasteiger partial charge in [0, 0.05) is 10.3 Å². The van der Waals surface area contributed by atoms with Gasteiger partial charge in [0.25, 0.3) is 10.1 Å². The Bertz CT molecular complexity index is 2330. The first kappa shape index (κ1) is 58.1. The summed E-state index contributed by atoms with van der Waals surface area (Å²) in [5, 5.41) is 0. The third kappa shape index (κ3) is 18.9. The molecule has 2 unspecified atom stereocenters. The number of halogens is 3. The maximum atomic E-state index is 14.3. The number of rotatable bonds is 17. The van der Waals surface area contributed by atoms with Crippen molar-refractivity contribution in [3.63, 3.8) is 0 Å². The molecule has 4 aromatic carbocycles. The zero-order chi connectivity index (χ0) is 46.5. The zero-order valence-electron chi connectivity index (χ0n) is 39.1. The van der Waals surface area contributed by atoms with Crippen LogP contribution in [0.15, 0.2) is 84.9 Å². The van der Waals surface area contributed by atoms with Crippen molar-refractivity contribution in [2.45, 2.75) is 101 Å². The van der Waals surface area contributed by atoms with Crippen molar-refractivity contribution in [3.05, 3.63) is 119 Å². The predicted octanol–water partition coefficient (Wildman–Crippen LogP) is 6.12. The smallest absolute Gasteiger partial charge is 0.917 e. The monoisotopic (exact) mass is 1100 g/mol. The van der Waals surface area contributed by atoms with Crippen molar-refractivity contribution in [2.24, 2.45) is 23.7 Å². The van der Waals surface area contributed by atoms with Gasteiger partial charge in [-0.15, -0.1) is 0 Å². The number of hydrogen-bond acceptors (Lipinski definition) is 10. The summed E-state index contributed by atoms with van der Waals surface area (Å²) in [4.78, 5) is 0. The second kappa shape index (κ2) is 28.5. The Morgan fingerprint density at radius 1 is 0.627 bits per heavy atom. The summed E-state index contributed by atoms with van der Waals surface area (Å²) in [6.07, 6.45) is 12.7. The van der Waals surface area contributed by atoms with E-state index in [0.717, 1.165) is 111 Å². The predicted molar refractivity (Wildman–Crippen MR) is 255 cm³/mol. The van der Waals surface area contributed by atoms with E-state index in [1.54, 1.807) is 26.4 Å². The molecule has 10 nitrogen and oxygen atoms in total. The molecular formula is C50H61F2INa2O10S2. The number of ether oxygens (including phenoxy) is 4. The molecular weight excluding hydrogens is 1040 g/mol. The fourth-order valence-corrected chi connectivity index (χ4v) is 11.7. The van der Waals surface area contributed by atoms with Gasteiger partial charge in [-0.3, -0.25) is 4.55 Å². The van der Waals surface area contributed by atoms with E-state index in [1.807, 2.05) is 36.4 Å². The molecule has 8 rings (SSSR count). The summed E-state index contributed by atoms with van der Waals surface area (Å²) in [5.41, 5.74) is 3.87. The molecule has 4 fully saturated rings. The number of benzene rings is 4. The van der Waals surface area contributed by atoms with Gasteiger partial charge >= 0.3 is 59.1 Å². The molecule has 0 spiro atoms. The van der Waals surface area contributed by atoms with Crippen LogP contribution < -0.4 is 78.1 Å². The molecule has 4 saturated carbocycles. The van der Waals surface area contributed by atoms with E-state index >= 15 is 0 Å². The maximum Gasteiger partial charge on any atom is 1.00 e. The molecule has 4 aromatic rings. The normalized spacial score (nSPS) is 21.1. The fraction of sp³-hybridized carbons (Fsp3) is 0.520. The summed E-state index contributed by atoms with van der Waals surface area (Å²) in [7, 11) is -3.92. The Balaban J connectivity index is 0.000000265. The SMILES string of the molecule is COc1ccc(F)c(C2CCC(COc3cccc(C(CI)C4CC4)c3)CC2)c1.COc1ccc(F)c(C2CCC(COc3cccc(C(CS(=O)(=O)O)C4CC4)c3)CC2)c1.O=[S-](=O)[O-].[Na+].[Na+]. The Kier molecular flexibility index (Phi) is 24.7. The van der Waals surface area contributed by atoms with Gasteiger partial charge in [0.1, 0.15) is 34.6 Å². The number of hydrogen-bond donors (Lipinski definition) is 1. The van der Waals surface area contributed by atoms with Crippen LogP contribution in [0.4, 0.5) is 8.78 Å². The minimum Gasteiger partial charge on any atom is -0.917 e. The van der Waals surface area contributed by atoms with Crippen LogP contribution in [0.3, 0.4) is 0 Å². The molecule has 17 heteroatoms.